The third kappa shape index (κ3) is 5.59. The summed E-state index contributed by atoms with van der Waals surface area (Å²) < 4.78 is 0. The van der Waals surface area contributed by atoms with Gasteiger partial charge in [-0.3, -0.25) is 9.59 Å². The molecule has 0 saturated heterocycles. The van der Waals surface area contributed by atoms with Gasteiger partial charge in [-0.15, -0.1) is 0 Å². The highest BCUT2D eigenvalue weighted by atomic mass is 16.2. The van der Waals surface area contributed by atoms with Crippen molar-refractivity contribution in [3.05, 3.63) is 76.9 Å². The molecule has 0 aliphatic carbocycles. The van der Waals surface area contributed by atoms with Crippen LogP contribution in [0.15, 0.2) is 54.6 Å². The Hall–Kier alpha value is -2.88. The number of benzene rings is 2. The van der Waals surface area contributed by atoms with Gasteiger partial charge in [-0.1, -0.05) is 57.2 Å². The third-order valence-corrected chi connectivity index (χ3v) is 4.11. The monoisotopic (exact) mass is 350 g/mol. The molecule has 2 amide bonds. The summed E-state index contributed by atoms with van der Waals surface area (Å²) in [5.74, 6) is -0.277. The number of rotatable bonds is 5. The molecule has 2 rings (SSSR count). The first-order valence-electron chi connectivity index (χ1n) is 8.67. The van der Waals surface area contributed by atoms with Crippen LogP contribution in [0.1, 0.15) is 47.8 Å². The van der Waals surface area contributed by atoms with Crippen molar-refractivity contribution < 1.29 is 9.59 Å². The maximum Gasteiger partial charge on any atom is 0.251 e. The molecule has 26 heavy (non-hydrogen) atoms. The average Bonchev–Trinajstić information content (AvgIpc) is 2.64. The number of nitrogens with one attached hydrogen (secondary N) is 2. The van der Waals surface area contributed by atoms with Crippen LogP contribution in [0, 0.1) is 0 Å². The van der Waals surface area contributed by atoms with E-state index >= 15 is 0 Å². The van der Waals surface area contributed by atoms with Crippen LogP contribution >= 0.6 is 0 Å². The number of amides is 2. The number of hydrogen-bond donors (Lipinski definition) is 2. The van der Waals surface area contributed by atoms with Crippen LogP contribution < -0.4 is 10.6 Å². The summed E-state index contributed by atoms with van der Waals surface area (Å²) in [5.41, 5.74) is 3.91. The van der Waals surface area contributed by atoms with E-state index < -0.39 is 0 Å². The van der Waals surface area contributed by atoms with E-state index in [4.69, 9.17) is 0 Å². The van der Waals surface area contributed by atoms with E-state index in [1.807, 2.05) is 24.3 Å². The van der Waals surface area contributed by atoms with Gasteiger partial charge in [0, 0.05) is 25.2 Å². The van der Waals surface area contributed by atoms with Crippen LogP contribution in [0.3, 0.4) is 0 Å². The van der Waals surface area contributed by atoms with Crippen molar-refractivity contribution >= 4 is 17.9 Å². The van der Waals surface area contributed by atoms with Crippen LogP contribution in [-0.2, 0) is 16.8 Å². The zero-order chi connectivity index (χ0) is 19.2. The summed E-state index contributed by atoms with van der Waals surface area (Å²) >= 11 is 0. The normalized spacial score (nSPS) is 11.4. The molecular formula is C22H26N2O2. The minimum atomic E-state index is -0.153. The van der Waals surface area contributed by atoms with Crippen molar-refractivity contribution in [2.45, 2.75) is 32.7 Å². The number of carbonyl (C=O) groups is 2. The molecule has 2 N–H and O–H groups in total. The van der Waals surface area contributed by atoms with Crippen LogP contribution in [0.2, 0.25) is 0 Å². The Morgan fingerprint density at radius 3 is 2.12 bits per heavy atom. The van der Waals surface area contributed by atoms with Crippen LogP contribution in [0.25, 0.3) is 6.08 Å². The van der Waals surface area contributed by atoms with Crippen molar-refractivity contribution in [1.82, 2.24) is 10.6 Å². The minimum absolute atomic E-state index is 0.118. The second-order valence-corrected chi connectivity index (χ2v) is 7.20. The van der Waals surface area contributed by atoms with E-state index in [2.05, 4.69) is 43.5 Å². The van der Waals surface area contributed by atoms with E-state index in [1.54, 1.807) is 25.3 Å². The van der Waals surface area contributed by atoms with Gasteiger partial charge in [0.1, 0.15) is 0 Å². The third-order valence-electron chi connectivity index (χ3n) is 4.11. The number of carbonyl (C=O) groups excluding carboxylic acids is 2. The fourth-order valence-corrected chi connectivity index (χ4v) is 2.43. The Balaban J connectivity index is 1.88. The maximum absolute atomic E-state index is 12.0. The van der Waals surface area contributed by atoms with Gasteiger partial charge >= 0.3 is 0 Å². The summed E-state index contributed by atoms with van der Waals surface area (Å²) in [6.07, 6.45) is 3.33. The Kier molecular flexibility index (Phi) is 6.34. The smallest absolute Gasteiger partial charge is 0.251 e. The molecule has 4 heteroatoms. The predicted octanol–water partition coefficient (Wildman–Crippen LogP) is 3.67. The molecule has 0 bridgehead atoms. The van der Waals surface area contributed by atoms with Crippen molar-refractivity contribution in [2.75, 3.05) is 7.05 Å². The van der Waals surface area contributed by atoms with Crippen molar-refractivity contribution in [3.8, 4) is 0 Å². The van der Waals surface area contributed by atoms with E-state index in [1.165, 1.54) is 11.6 Å². The molecule has 0 saturated carbocycles. The molecule has 0 aliphatic rings. The Bertz CT molecular complexity index is 782. The molecule has 0 heterocycles. The van der Waals surface area contributed by atoms with E-state index in [0.29, 0.717) is 12.1 Å². The highest BCUT2D eigenvalue weighted by Crippen LogP contribution is 2.22. The second kappa shape index (κ2) is 8.48. The molecule has 0 aliphatic heterocycles. The Labute approximate surface area is 155 Å². The largest absolute Gasteiger partial charge is 0.355 e. The first-order chi connectivity index (χ1) is 12.3. The summed E-state index contributed by atoms with van der Waals surface area (Å²) in [4.78, 5) is 23.5. The molecule has 4 nitrogen and oxygen atoms in total. The molecular weight excluding hydrogens is 324 g/mol. The Morgan fingerprint density at radius 1 is 0.962 bits per heavy atom. The molecule has 0 spiro atoms. The highest BCUT2D eigenvalue weighted by molar-refractivity contribution is 5.94. The molecule has 0 unspecified atom stereocenters. The molecule has 0 radical (unpaired) electrons. The molecule has 136 valence electrons. The van der Waals surface area contributed by atoms with E-state index in [-0.39, 0.29) is 17.2 Å². The molecule has 0 fully saturated rings. The topological polar surface area (TPSA) is 58.2 Å². The molecule has 0 aromatic heterocycles. The van der Waals surface area contributed by atoms with Gasteiger partial charge in [0.05, 0.1) is 0 Å². The second-order valence-electron chi connectivity index (χ2n) is 7.20. The molecule has 0 atom stereocenters. The zero-order valence-electron chi connectivity index (χ0n) is 15.8. The van der Waals surface area contributed by atoms with E-state index in [0.717, 1.165) is 11.1 Å². The highest BCUT2D eigenvalue weighted by Gasteiger charge is 2.12. The average molecular weight is 350 g/mol. The van der Waals surface area contributed by atoms with E-state index in [9.17, 15) is 9.59 Å². The lowest BCUT2D eigenvalue weighted by Crippen LogP contribution is -2.20. The summed E-state index contributed by atoms with van der Waals surface area (Å²) in [7, 11) is 1.60. The molecule has 2 aromatic rings. The molecule has 2 aromatic carbocycles. The Morgan fingerprint density at radius 2 is 1.58 bits per heavy atom. The van der Waals surface area contributed by atoms with Gasteiger partial charge in [0.2, 0.25) is 5.91 Å². The fraction of sp³-hybridized carbons (Fsp3) is 0.273. The number of hydrogen-bond acceptors (Lipinski definition) is 2. The lowest BCUT2D eigenvalue weighted by molar-refractivity contribution is -0.116. The summed E-state index contributed by atoms with van der Waals surface area (Å²) in [6, 6.07) is 15.4. The van der Waals surface area contributed by atoms with Gasteiger partial charge in [0.15, 0.2) is 0 Å². The van der Waals surface area contributed by atoms with Gasteiger partial charge in [-0.2, -0.15) is 0 Å². The SMILES string of the molecule is CNC(=O)c1ccc(CNC(=O)/C=C/c2ccc(C(C)(C)C)cc2)cc1. The summed E-state index contributed by atoms with van der Waals surface area (Å²) in [6.45, 7) is 6.94. The van der Waals surface area contributed by atoms with Gasteiger partial charge in [-0.05, 0) is 40.3 Å². The van der Waals surface area contributed by atoms with Gasteiger partial charge in [0.25, 0.3) is 5.91 Å². The lowest BCUT2D eigenvalue weighted by atomic mass is 9.87. The van der Waals surface area contributed by atoms with Crippen molar-refractivity contribution in [2.24, 2.45) is 0 Å². The van der Waals surface area contributed by atoms with Crippen molar-refractivity contribution in [1.29, 1.82) is 0 Å². The van der Waals surface area contributed by atoms with Crippen LogP contribution in [0.4, 0.5) is 0 Å². The zero-order valence-corrected chi connectivity index (χ0v) is 15.8. The first-order valence-corrected chi connectivity index (χ1v) is 8.67. The summed E-state index contributed by atoms with van der Waals surface area (Å²) in [5, 5.41) is 5.42. The lowest BCUT2D eigenvalue weighted by Gasteiger charge is -2.18. The first kappa shape index (κ1) is 19.4. The van der Waals surface area contributed by atoms with Gasteiger partial charge in [-0.25, -0.2) is 0 Å². The van der Waals surface area contributed by atoms with Crippen LogP contribution in [0.5, 0.6) is 0 Å². The quantitative estimate of drug-likeness (QED) is 0.808. The standard InChI is InChI=1S/C22H26N2O2/c1-22(2,3)19-12-7-16(8-13-19)9-14-20(25)24-15-17-5-10-18(11-6-17)21(26)23-4/h5-14H,15H2,1-4H3,(H,23,26)(H,24,25)/b14-9+. The fourth-order valence-electron chi connectivity index (χ4n) is 2.43. The maximum atomic E-state index is 12.0. The predicted molar refractivity (Wildman–Crippen MR) is 106 cm³/mol. The van der Waals surface area contributed by atoms with Crippen LogP contribution in [-0.4, -0.2) is 18.9 Å². The van der Waals surface area contributed by atoms with Gasteiger partial charge < -0.3 is 10.6 Å². The minimum Gasteiger partial charge on any atom is -0.355 e. The van der Waals surface area contributed by atoms with Crippen molar-refractivity contribution in [3.63, 3.8) is 0 Å².